The van der Waals surface area contributed by atoms with Crippen molar-refractivity contribution in [2.75, 3.05) is 13.1 Å². The quantitative estimate of drug-likeness (QED) is 0.662. The van der Waals surface area contributed by atoms with E-state index in [0.29, 0.717) is 19.5 Å². The molecular weight excluding hydrogens is 194 g/mol. The average Bonchev–Trinajstić information content (AvgIpc) is 2.71. The van der Waals surface area contributed by atoms with E-state index in [-0.39, 0.29) is 12.5 Å². The third kappa shape index (κ3) is 4.84. The highest BCUT2D eigenvalue weighted by Crippen LogP contribution is 1.97. The largest absolute Gasteiger partial charge is 0.472 e. The molecule has 0 fully saturated rings. The summed E-state index contributed by atoms with van der Waals surface area (Å²) in [5.41, 5.74) is 1.000. The van der Waals surface area contributed by atoms with Gasteiger partial charge in [-0.2, -0.15) is 5.26 Å². The lowest BCUT2D eigenvalue weighted by Gasteiger charge is -2.03. The highest BCUT2D eigenvalue weighted by atomic mass is 16.3. The summed E-state index contributed by atoms with van der Waals surface area (Å²) in [5, 5.41) is 13.8. The summed E-state index contributed by atoms with van der Waals surface area (Å²) in [6.07, 6.45) is 3.55. The minimum atomic E-state index is -0.103. The summed E-state index contributed by atoms with van der Waals surface area (Å²) >= 11 is 0. The maximum Gasteiger partial charge on any atom is 0.234 e. The molecule has 0 saturated heterocycles. The van der Waals surface area contributed by atoms with Gasteiger partial charge in [0.2, 0.25) is 5.91 Å². The molecule has 0 aromatic carbocycles. The number of carbonyl (C=O) groups is 1. The molecule has 5 nitrogen and oxygen atoms in total. The zero-order valence-electron chi connectivity index (χ0n) is 8.32. The Morgan fingerprint density at radius 1 is 1.60 bits per heavy atom. The molecule has 0 radical (unpaired) electrons. The highest BCUT2D eigenvalue weighted by Gasteiger charge is 1.99. The first-order chi connectivity index (χ1) is 7.33. The summed E-state index contributed by atoms with van der Waals surface area (Å²) < 4.78 is 4.87. The molecule has 15 heavy (non-hydrogen) atoms. The number of hydrogen-bond acceptors (Lipinski definition) is 4. The molecule has 5 heteroatoms. The van der Waals surface area contributed by atoms with E-state index in [1.807, 2.05) is 12.1 Å². The maximum absolute atomic E-state index is 11.1. The molecule has 0 aliphatic heterocycles. The second kappa shape index (κ2) is 6.62. The van der Waals surface area contributed by atoms with Gasteiger partial charge < -0.3 is 15.1 Å². The Hall–Kier alpha value is -1.80. The zero-order valence-corrected chi connectivity index (χ0v) is 8.32. The van der Waals surface area contributed by atoms with Gasteiger partial charge in [0.05, 0.1) is 31.6 Å². The first-order valence-corrected chi connectivity index (χ1v) is 4.68. The molecule has 2 N–H and O–H groups in total. The number of amides is 1. The molecule has 0 bridgehead atoms. The van der Waals surface area contributed by atoms with E-state index in [0.717, 1.165) is 5.56 Å². The molecule has 0 unspecified atom stereocenters. The first kappa shape index (κ1) is 11.3. The van der Waals surface area contributed by atoms with Crippen molar-refractivity contribution in [2.24, 2.45) is 0 Å². The van der Waals surface area contributed by atoms with Gasteiger partial charge in [0.1, 0.15) is 0 Å². The van der Waals surface area contributed by atoms with Gasteiger partial charge in [-0.1, -0.05) is 0 Å². The van der Waals surface area contributed by atoms with E-state index in [4.69, 9.17) is 9.68 Å². The third-order valence-electron chi connectivity index (χ3n) is 1.75. The van der Waals surface area contributed by atoms with Crippen molar-refractivity contribution in [3.63, 3.8) is 0 Å². The molecular formula is C10H13N3O2. The van der Waals surface area contributed by atoms with Gasteiger partial charge in [0.15, 0.2) is 0 Å². The Labute approximate surface area is 88.1 Å². The monoisotopic (exact) mass is 207 g/mol. The predicted octanol–water partition coefficient (Wildman–Crippen LogP) is 0.399. The molecule has 1 amide bonds. The summed E-state index contributed by atoms with van der Waals surface area (Å²) in [5.74, 6) is -0.103. The predicted molar refractivity (Wildman–Crippen MR) is 53.7 cm³/mol. The first-order valence-electron chi connectivity index (χ1n) is 4.68. The maximum atomic E-state index is 11.1. The lowest BCUT2D eigenvalue weighted by molar-refractivity contribution is -0.120. The molecule has 1 aromatic rings. The van der Waals surface area contributed by atoms with Crippen LogP contribution in [0.25, 0.3) is 0 Å². The third-order valence-corrected chi connectivity index (χ3v) is 1.75. The van der Waals surface area contributed by atoms with Crippen LogP contribution in [-0.4, -0.2) is 19.0 Å². The summed E-state index contributed by atoms with van der Waals surface area (Å²) in [6, 6.07) is 3.79. The van der Waals surface area contributed by atoms with Crippen LogP contribution >= 0.6 is 0 Å². The van der Waals surface area contributed by atoms with Gasteiger partial charge in [-0.15, -0.1) is 0 Å². The molecule has 0 aliphatic carbocycles. The minimum Gasteiger partial charge on any atom is -0.472 e. The normalized spacial score (nSPS) is 9.53. The van der Waals surface area contributed by atoms with Crippen LogP contribution in [0.3, 0.4) is 0 Å². The van der Waals surface area contributed by atoms with Crippen LogP contribution in [-0.2, 0) is 11.3 Å². The van der Waals surface area contributed by atoms with Gasteiger partial charge in [-0.05, 0) is 6.07 Å². The van der Waals surface area contributed by atoms with E-state index in [1.165, 1.54) is 0 Å². The number of furan rings is 1. The van der Waals surface area contributed by atoms with Crippen LogP contribution in [0.4, 0.5) is 0 Å². The second-order valence-corrected chi connectivity index (χ2v) is 2.99. The second-order valence-electron chi connectivity index (χ2n) is 2.99. The lowest BCUT2D eigenvalue weighted by atomic mass is 10.3. The number of nitrogens with zero attached hydrogens (tertiary/aromatic N) is 1. The number of nitriles is 1. The molecule has 0 atom stereocenters. The van der Waals surface area contributed by atoms with Crippen molar-refractivity contribution in [3.05, 3.63) is 24.2 Å². The van der Waals surface area contributed by atoms with Crippen molar-refractivity contribution in [1.82, 2.24) is 10.6 Å². The van der Waals surface area contributed by atoms with Gasteiger partial charge in [0.25, 0.3) is 0 Å². The van der Waals surface area contributed by atoms with Gasteiger partial charge >= 0.3 is 0 Å². The Morgan fingerprint density at radius 3 is 3.13 bits per heavy atom. The molecule has 1 aromatic heterocycles. The molecule has 1 rings (SSSR count). The fourth-order valence-corrected chi connectivity index (χ4v) is 1.03. The molecule has 1 heterocycles. The summed E-state index contributed by atoms with van der Waals surface area (Å²) in [6.45, 7) is 1.25. The highest BCUT2D eigenvalue weighted by molar-refractivity contribution is 5.77. The van der Waals surface area contributed by atoms with Crippen LogP contribution < -0.4 is 10.6 Å². The summed E-state index contributed by atoms with van der Waals surface area (Å²) in [4.78, 5) is 11.1. The Bertz CT molecular complexity index is 327. The number of carbonyl (C=O) groups excluding carboxylic acids is 1. The van der Waals surface area contributed by atoms with Crippen molar-refractivity contribution in [3.8, 4) is 6.07 Å². The van der Waals surface area contributed by atoms with Crippen molar-refractivity contribution in [2.45, 2.75) is 13.0 Å². The zero-order chi connectivity index (χ0) is 10.9. The smallest absolute Gasteiger partial charge is 0.234 e. The van der Waals surface area contributed by atoms with E-state index < -0.39 is 0 Å². The fraction of sp³-hybridized carbons (Fsp3) is 0.400. The topological polar surface area (TPSA) is 78.1 Å². The van der Waals surface area contributed by atoms with Crippen LogP contribution in [0.15, 0.2) is 23.0 Å². The van der Waals surface area contributed by atoms with Crippen molar-refractivity contribution in [1.29, 1.82) is 5.26 Å². The van der Waals surface area contributed by atoms with Crippen molar-refractivity contribution < 1.29 is 9.21 Å². The summed E-state index contributed by atoms with van der Waals surface area (Å²) in [7, 11) is 0. The van der Waals surface area contributed by atoms with Crippen LogP contribution in [0.2, 0.25) is 0 Å². The van der Waals surface area contributed by atoms with Crippen LogP contribution in [0, 0.1) is 11.3 Å². The number of hydrogen-bond donors (Lipinski definition) is 2. The Kier molecular flexibility index (Phi) is 4.98. The number of rotatable bonds is 6. The molecule has 0 aliphatic rings. The Morgan fingerprint density at radius 2 is 2.47 bits per heavy atom. The van der Waals surface area contributed by atoms with E-state index in [2.05, 4.69) is 10.6 Å². The average molecular weight is 207 g/mol. The van der Waals surface area contributed by atoms with Crippen LogP contribution in [0.5, 0.6) is 0 Å². The van der Waals surface area contributed by atoms with Gasteiger partial charge in [0, 0.05) is 18.7 Å². The molecule has 0 saturated carbocycles. The van der Waals surface area contributed by atoms with Gasteiger partial charge in [-0.3, -0.25) is 4.79 Å². The molecule has 0 spiro atoms. The lowest BCUT2D eigenvalue weighted by Crippen LogP contribution is -2.33. The van der Waals surface area contributed by atoms with Crippen LogP contribution in [0.1, 0.15) is 12.0 Å². The van der Waals surface area contributed by atoms with E-state index >= 15 is 0 Å². The fourth-order valence-electron chi connectivity index (χ4n) is 1.03. The standard InChI is InChI=1S/C10H13N3O2/c11-3-1-4-13-10(14)7-12-6-9-2-5-15-8-9/h2,5,8,12H,1,4,6-7H2,(H,13,14). The SMILES string of the molecule is N#CCCNC(=O)CNCc1ccoc1. The van der Waals surface area contributed by atoms with Gasteiger partial charge in [-0.25, -0.2) is 0 Å². The van der Waals surface area contributed by atoms with Crippen molar-refractivity contribution >= 4 is 5.91 Å². The van der Waals surface area contributed by atoms with E-state index in [9.17, 15) is 4.79 Å². The Balaban J connectivity index is 2.05. The van der Waals surface area contributed by atoms with E-state index in [1.54, 1.807) is 12.5 Å². The molecule has 80 valence electrons. The minimum absolute atomic E-state index is 0.103. The number of nitrogens with one attached hydrogen (secondary N) is 2.